The molecule has 0 saturated carbocycles. The highest BCUT2D eigenvalue weighted by Gasteiger charge is 2.17. The molecule has 178 valence electrons. The predicted octanol–water partition coefficient (Wildman–Crippen LogP) is 3.36. The summed E-state index contributed by atoms with van der Waals surface area (Å²) < 4.78 is 26.3. The van der Waals surface area contributed by atoms with Crippen LogP contribution in [0, 0.1) is 11.2 Å². The van der Waals surface area contributed by atoms with Crippen LogP contribution in [0.1, 0.15) is 27.9 Å². The Balaban J connectivity index is 1.55. The fourth-order valence-electron chi connectivity index (χ4n) is 3.79. The van der Waals surface area contributed by atoms with E-state index in [0.717, 1.165) is 49.3 Å². The number of benzene rings is 2. The highest BCUT2D eigenvalue weighted by atomic mass is 79.9. The minimum atomic E-state index is -0.503. The number of nitrogens with one attached hydrogen (secondary N) is 3. The maximum atomic E-state index is 14.6. The lowest BCUT2D eigenvalue weighted by molar-refractivity contribution is 0.0376. The lowest BCUT2D eigenvalue weighted by Gasteiger charge is -2.26. The quantitative estimate of drug-likeness (QED) is 0.268. The van der Waals surface area contributed by atoms with Gasteiger partial charge >= 0.3 is 0 Å². The lowest BCUT2D eigenvalue weighted by Crippen LogP contribution is -2.42. The summed E-state index contributed by atoms with van der Waals surface area (Å²) in [5, 5.41) is 13.5. The fraction of sp³-hybridized carbons (Fsp3) is 0.417. The first-order valence-corrected chi connectivity index (χ1v) is 11.8. The Labute approximate surface area is 202 Å². The van der Waals surface area contributed by atoms with Gasteiger partial charge in [-0.05, 0) is 61.7 Å². The maximum absolute atomic E-state index is 14.6. The minimum absolute atomic E-state index is 0.0918. The van der Waals surface area contributed by atoms with E-state index in [2.05, 4.69) is 31.5 Å². The molecule has 3 rings (SSSR count). The molecule has 0 bridgehead atoms. The normalized spacial score (nSPS) is 14.0. The highest BCUT2D eigenvalue weighted by Crippen LogP contribution is 2.25. The molecule has 3 N–H and O–H groups in total. The smallest absolute Gasteiger partial charge is 0.258 e. The van der Waals surface area contributed by atoms with E-state index in [-0.39, 0.29) is 11.5 Å². The van der Waals surface area contributed by atoms with Crippen LogP contribution in [0.25, 0.3) is 0 Å². The van der Waals surface area contributed by atoms with E-state index >= 15 is 0 Å². The molecular weight excluding hydrogens is 491 g/mol. The Morgan fingerprint density at radius 1 is 1.24 bits per heavy atom. The number of carbonyl (C=O) groups is 1. The number of carbonyl (C=O) groups excluding carboxylic acids is 1. The van der Waals surface area contributed by atoms with Gasteiger partial charge in [-0.2, -0.15) is 0 Å². The van der Waals surface area contributed by atoms with Gasteiger partial charge in [-0.3, -0.25) is 20.4 Å². The van der Waals surface area contributed by atoms with Crippen LogP contribution in [-0.2, 0) is 17.6 Å². The van der Waals surface area contributed by atoms with Crippen molar-refractivity contribution in [3.8, 4) is 5.75 Å². The zero-order valence-corrected chi connectivity index (χ0v) is 20.3. The summed E-state index contributed by atoms with van der Waals surface area (Å²) in [6.07, 6.45) is 1.67. The summed E-state index contributed by atoms with van der Waals surface area (Å²) in [5.41, 5.74) is 1.46. The van der Waals surface area contributed by atoms with Crippen LogP contribution in [0.5, 0.6) is 5.75 Å². The number of methoxy groups -OCH3 is 1. The van der Waals surface area contributed by atoms with Crippen molar-refractivity contribution in [1.82, 2.24) is 15.5 Å². The molecule has 0 aliphatic carbocycles. The average molecular weight is 521 g/mol. The first-order valence-electron chi connectivity index (χ1n) is 11.0. The third kappa shape index (κ3) is 7.52. The van der Waals surface area contributed by atoms with Gasteiger partial charge in [0.25, 0.3) is 5.91 Å². The standard InChI is InChI=1S/C24H30BrFN4O3/c1-32-22-9-7-18(25)16-17(22)6-8-19-20(4-2-5-21(19)26)23(31)29-24(27)28-10-3-11-30-12-14-33-15-13-30/h2,4-5,7,9,16H,3,6,8,10-15H2,1H3,(H3,27,28,29,31). The maximum Gasteiger partial charge on any atom is 0.258 e. The van der Waals surface area contributed by atoms with Gasteiger partial charge in [0.1, 0.15) is 11.6 Å². The Kier molecular flexibility index (Phi) is 9.65. The molecule has 33 heavy (non-hydrogen) atoms. The number of guanidine groups is 1. The molecule has 0 spiro atoms. The molecule has 1 fully saturated rings. The Morgan fingerprint density at radius 2 is 2.03 bits per heavy atom. The zero-order chi connectivity index (χ0) is 23.6. The number of aryl methyl sites for hydroxylation is 1. The summed E-state index contributed by atoms with van der Waals surface area (Å²) in [6, 6.07) is 10.1. The number of morpholine rings is 1. The molecule has 2 aromatic carbocycles. The molecule has 1 saturated heterocycles. The SMILES string of the molecule is COc1ccc(Br)cc1CCc1c(F)cccc1C(=O)NC(=N)NCCCN1CCOCC1. The summed E-state index contributed by atoms with van der Waals surface area (Å²) >= 11 is 3.45. The number of rotatable bonds is 9. The molecule has 1 aliphatic rings. The monoisotopic (exact) mass is 520 g/mol. The number of ether oxygens (including phenoxy) is 2. The van der Waals surface area contributed by atoms with E-state index in [9.17, 15) is 9.18 Å². The van der Waals surface area contributed by atoms with Gasteiger partial charge in [0, 0.05) is 35.2 Å². The van der Waals surface area contributed by atoms with Crippen molar-refractivity contribution in [2.75, 3.05) is 46.5 Å². The molecule has 1 heterocycles. The number of hydrogen-bond acceptors (Lipinski definition) is 5. The van der Waals surface area contributed by atoms with Crippen LogP contribution in [0.3, 0.4) is 0 Å². The lowest BCUT2D eigenvalue weighted by atomic mass is 9.98. The van der Waals surface area contributed by atoms with E-state index in [4.69, 9.17) is 14.9 Å². The molecule has 0 aromatic heterocycles. The van der Waals surface area contributed by atoms with Crippen LogP contribution >= 0.6 is 15.9 Å². The summed E-state index contributed by atoms with van der Waals surface area (Å²) in [4.78, 5) is 15.1. The third-order valence-corrected chi connectivity index (χ3v) is 6.04. The van der Waals surface area contributed by atoms with Crippen LogP contribution < -0.4 is 15.4 Å². The molecule has 9 heteroatoms. The molecule has 1 amide bonds. The van der Waals surface area contributed by atoms with Crippen molar-refractivity contribution in [3.63, 3.8) is 0 Å². The van der Waals surface area contributed by atoms with E-state index in [1.807, 2.05) is 18.2 Å². The topological polar surface area (TPSA) is 86.7 Å². The fourth-order valence-corrected chi connectivity index (χ4v) is 4.20. The Morgan fingerprint density at radius 3 is 2.79 bits per heavy atom. The number of halogens is 2. The molecule has 2 aromatic rings. The van der Waals surface area contributed by atoms with Crippen LogP contribution in [0.2, 0.25) is 0 Å². The molecule has 0 atom stereocenters. The molecule has 0 radical (unpaired) electrons. The van der Waals surface area contributed by atoms with Crippen molar-refractivity contribution >= 4 is 27.8 Å². The summed E-state index contributed by atoms with van der Waals surface area (Å²) in [7, 11) is 1.59. The molecule has 0 unspecified atom stereocenters. The van der Waals surface area contributed by atoms with Crippen LogP contribution in [0.15, 0.2) is 40.9 Å². The van der Waals surface area contributed by atoms with E-state index in [1.165, 1.54) is 12.1 Å². The zero-order valence-electron chi connectivity index (χ0n) is 18.8. The van der Waals surface area contributed by atoms with Crippen LogP contribution in [-0.4, -0.2) is 63.3 Å². The van der Waals surface area contributed by atoms with Gasteiger partial charge in [0.15, 0.2) is 5.96 Å². The second kappa shape index (κ2) is 12.7. The van der Waals surface area contributed by atoms with Crippen molar-refractivity contribution in [1.29, 1.82) is 5.41 Å². The number of hydrogen-bond donors (Lipinski definition) is 3. The van der Waals surface area contributed by atoms with Gasteiger partial charge in [0.2, 0.25) is 0 Å². The van der Waals surface area contributed by atoms with Gasteiger partial charge < -0.3 is 14.8 Å². The van der Waals surface area contributed by atoms with Crippen molar-refractivity contribution in [3.05, 3.63) is 63.4 Å². The minimum Gasteiger partial charge on any atom is -0.496 e. The van der Waals surface area contributed by atoms with Crippen molar-refractivity contribution in [2.45, 2.75) is 19.3 Å². The second-order valence-electron chi connectivity index (χ2n) is 7.79. The third-order valence-electron chi connectivity index (χ3n) is 5.55. The van der Waals surface area contributed by atoms with Gasteiger partial charge in [-0.15, -0.1) is 0 Å². The van der Waals surface area contributed by atoms with Crippen molar-refractivity contribution < 1.29 is 18.7 Å². The summed E-state index contributed by atoms with van der Waals surface area (Å²) in [5.74, 6) is -0.326. The van der Waals surface area contributed by atoms with Gasteiger partial charge in [-0.1, -0.05) is 22.0 Å². The second-order valence-corrected chi connectivity index (χ2v) is 8.70. The van der Waals surface area contributed by atoms with E-state index < -0.39 is 11.7 Å². The Bertz CT molecular complexity index is 967. The Hall–Kier alpha value is -2.49. The largest absolute Gasteiger partial charge is 0.496 e. The van der Waals surface area contributed by atoms with Crippen LogP contribution in [0.4, 0.5) is 4.39 Å². The molecule has 7 nitrogen and oxygen atoms in total. The van der Waals surface area contributed by atoms with Gasteiger partial charge in [-0.25, -0.2) is 4.39 Å². The molecule has 1 aliphatic heterocycles. The highest BCUT2D eigenvalue weighted by molar-refractivity contribution is 9.10. The first kappa shape index (κ1) is 25.1. The number of nitrogens with zero attached hydrogens (tertiary/aromatic N) is 1. The molecular formula is C24H30BrFN4O3. The van der Waals surface area contributed by atoms with E-state index in [0.29, 0.717) is 30.7 Å². The first-order chi connectivity index (χ1) is 16.0. The predicted molar refractivity (Wildman–Crippen MR) is 130 cm³/mol. The number of amides is 1. The van der Waals surface area contributed by atoms with Gasteiger partial charge in [0.05, 0.1) is 20.3 Å². The average Bonchev–Trinajstić information content (AvgIpc) is 2.81. The van der Waals surface area contributed by atoms with E-state index in [1.54, 1.807) is 13.2 Å². The van der Waals surface area contributed by atoms with Crippen molar-refractivity contribution in [2.24, 2.45) is 0 Å². The summed E-state index contributed by atoms with van der Waals surface area (Å²) in [6.45, 7) is 4.82.